The van der Waals surface area contributed by atoms with Crippen LogP contribution in [0, 0.1) is 11.7 Å². The zero-order valence-electron chi connectivity index (χ0n) is 16.9. The quantitative estimate of drug-likeness (QED) is 0.680. The monoisotopic (exact) mass is 453 g/mol. The summed E-state index contributed by atoms with van der Waals surface area (Å²) in [5.74, 6) is -0.738. The maximum Gasteiger partial charge on any atom is 0.246 e. The Kier molecular flexibility index (Phi) is 6.79. The minimum absolute atomic E-state index is 0.0267. The van der Waals surface area contributed by atoms with Gasteiger partial charge in [0.2, 0.25) is 15.9 Å². The Morgan fingerprint density at radius 1 is 1.23 bits per heavy atom. The minimum Gasteiger partial charge on any atom is -0.355 e. The molecule has 2 heterocycles. The molecule has 30 heavy (non-hydrogen) atoms. The molecule has 3 rings (SSSR count). The van der Waals surface area contributed by atoms with E-state index < -0.39 is 15.4 Å². The van der Waals surface area contributed by atoms with Crippen LogP contribution in [0.2, 0.25) is 5.15 Å². The molecule has 1 aliphatic rings. The fourth-order valence-electron chi connectivity index (χ4n) is 3.62. The highest BCUT2D eigenvalue weighted by atomic mass is 35.5. The van der Waals surface area contributed by atoms with Gasteiger partial charge in [-0.2, -0.15) is 4.31 Å². The van der Waals surface area contributed by atoms with E-state index >= 15 is 0 Å². The van der Waals surface area contributed by atoms with Gasteiger partial charge >= 0.3 is 0 Å². The molecule has 162 valence electrons. The number of pyridine rings is 1. The molecule has 2 aromatic rings. The van der Waals surface area contributed by atoms with Gasteiger partial charge in [0.15, 0.2) is 0 Å². The SMILES string of the molecule is CC(C)(CNC(=O)C1CCN(S(=O)(=O)c2cccnc2Cl)CC1)c1ccccc1F. The number of carbonyl (C=O) groups is 1. The molecule has 9 heteroatoms. The third kappa shape index (κ3) is 4.82. The predicted molar refractivity (Wildman–Crippen MR) is 113 cm³/mol. The van der Waals surface area contributed by atoms with Crippen LogP contribution in [0.1, 0.15) is 32.3 Å². The Hall–Kier alpha value is -2.03. The summed E-state index contributed by atoms with van der Waals surface area (Å²) in [5.41, 5.74) is -0.0261. The van der Waals surface area contributed by atoms with Gasteiger partial charge in [0.05, 0.1) is 0 Å². The number of halogens is 2. The molecule has 6 nitrogen and oxygen atoms in total. The summed E-state index contributed by atoms with van der Waals surface area (Å²) in [7, 11) is -3.75. The lowest BCUT2D eigenvalue weighted by Crippen LogP contribution is -2.45. The van der Waals surface area contributed by atoms with Gasteiger partial charge in [0, 0.05) is 37.2 Å². The van der Waals surface area contributed by atoms with E-state index in [-0.39, 0.29) is 47.3 Å². The number of rotatable bonds is 6. The molecule has 0 radical (unpaired) electrons. The molecule has 1 amide bonds. The van der Waals surface area contributed by atoms with Gasteiger partial charge in [-0.3, -0.25) is 4.79 Å². The second-order valence-corrected chi connectivity index (χ2v) is 10.3. The number of carbonyl (C=O) groups excluding carboxylic acids is 1. The number of nitrogens with zero attached hydrogens (tertiary/aromatic N) is 2. The smallest absolute Gasteiger partial charge is 0.246 e. The number of hydrogen-bond donors (Lipinski definition) is 1. The van der Waals surface area contributed by atoms with Crippen molar-refractivity contribution < 1.29 is 17.6 Å². The average molecular weight is 454 g/mol. The second-order valence-electron chi connectivity index (χ2n) is 8.05. The van der Waals surface area contributed by atoms with Crippen molar-refractivity contribution in [3.63, 3.8) is 0 Å². The number of hydrogen-bond acceptors (Lipinski definition) is 4. The lowest BCUT2D eigenvalue weighted by Gasteiger charge is -2.32. The van der Waals surface area contributed by atoms with Crippen molar-refractivity contribution >= 4 is 27.5 Å². The van der Waals surface area contributed by atoms with E-state index in [1.54, 1.807) is 18.2 Å². The Morgan fingerprint density at radius 3 is 2.53 bits per heavy atom. The molecule has 1 aromatic carbocycles. The van der Waals surface area contributed by atoms with Crippen LogP contribution in [-0.2, 0) is 20.2 Å². The Morgan fingerprint density at radius 2 is 1.90 bits per heavy atom. The van der Waals surface area contributed by atoms with Crippen LogP contribution in [-0.4, -0.2) is 43.2 Å². The highest BCUT2D eigenvalue weighted by Gasteiger charge is 2.34. The first-order valence-electron chi connectivity index (χ1n) is 9.76. The number of aromatic nitrogens is 1. The molecule has 0 spiro atoms. The van der Waals surface area contributed by atoms with E-state index in [4.69, 9.17) is 11.6 Å². The van der Waals surface area contributed by atoms with E-state index in [1.807, 2.05) is 13.8 Å². The molecule has 0 saturated carbocycles. The summed E-state index contributed by atoms with van der Waals surface area (Å²) in [6.07, 6.45) is 2.24. The molecular weight excluding hydrogens is 429 g/mol. The van der Waals surface area contributed by atoms with Crippen LogP contribution in [0.4, 0.5) is 4.39 Å². The van der Waals surface area contributed by atoms with Crippen LogP contribution < -0.4 is 5.32 Å². The Bertz CT molecular complexity index is 1020. The summed E-state index contributed by atoms with van der Waals surface area (Å²) in [5, 5.41) is 2.85. The van der Waals surface area contributed by atoms with Gasteiger partial charge in [-0.25, -0.2) is 17.8 Å². The molecule has 1 saturated heterocycles. The first kappa shape index (κ1) is 22.7. The van der Waals surface area contributed by atoms with Crippen LogP contribution >= 0.6 is 11.6 Å². The third-order valence-electron chi connectivity index (χ3n) is 5.47. The van der Waals surface area contributed by atoms with Crippen molar-refractivity contribution in [1.82, 2.24) is 14.6 Å². The lowest BCUT2D eigenvalue weighted by molar-refractivity contribution is -0.126. The van der Waals surface area contributed by atoms with E-state index in [2.05, 4.69) is 10.3 Å². The number of benzene rings is 1. The minimum atomic E-state index is -3.75. The summed E-state index contributed by atoms with van der Waals surface area (Å²) in [4.78, 5) is 16.4. The largest absolute Gasteiger partial charge is 0.355 e. The number of amides is 1. The number of sulfonamides is 1. The van der Waals surface area contributed by atoms with Crippen LogP contribution in [0.25, 0.3) is 0 Å². The van der Waals surface area contributed by atoms with Gasteiger partial charge < -0.3 is 5.32 Å². The van der Waals surface area contributed by atoms with Crippen molar-refractivity contribution in [3.05, 3.63) is 59.1 Å². The topological polar surface area (TPSA) is 79.4 Å². The third-order valence-corrected chi connectivity index (χ3v) is 7.82. The molecule has 1 fully saturated rings. The molecular formula is C21H25ClFN3O3S. The van der Waals surface area contributed by atoms with Crippen molar-refractivity contribution in [3.8, 4) is 0 Å². The first-order chi connectivity index (χ1) is 14.1. The maximum atomic E-state index is 14.1. The van der Waals surface area contributed by atoms with Crippen molar-refractivity contribution in [2.24, 2.45) is 5.92 Å². The van der Waals surface area contributed by atoms with Crippen LogP contribution in [0.15, 0.2) is 47.5 Å². The first-order valence-corrected chi connectivity index (χ1v) is 11.6. The molecule has 1 aromatic heterocycles. The molecule has 1 N–H and O–H groups in total. The number of piperidine rings is 1. The van der Waals surface area contributed by atoms with Crippen LogP contribution in [0.5, 0.6) is 0 Å². The summed E-state index contributed by atoms with van der Waals surface area (Å²) < 4.78 is 41.0. The second kappa shape index (κ2) is 8.99. The van der Waals surface area contributed by atoms with Gasteiger partial charge in [0.25, 0.3) is 0 Å². The highest BCUT2D eigenvalue weighted by Crippen LogP contribution is 2.28. The van der Waals surface area contributed by atoms with Crippen molar-refractivity contribution in [1.29, 1.82) is 0 Å². The lowest BCUT2D eigenvalue weighted by atomic mass is 9.84. The average Bonchev–Trinajstić information content (AvgIpc) is 2.72. The predicted octanol–water partition coefficient (Wildman–Crippen LogP) is 3.37. The fraction of sp³-hybridized carbons (Fsp3) is 0.429. The van der Waals surface area contributed by atoms with E-state index in [0.29, 0.717) is 18.4 Å². The molecule has 1 aliphatic heterocycles. The number of nitrogens with one attached hydrogen (secondary N) is 1. The van der Waals surface area contributed by atoms with Gasteiger partial charge in [-0.1, -0.05) is 43.6 Å². The fourth-order valence-corrected chi connectivity index (χ4v) is 5.52. The van der Waals surface area contributed by atoms with Crippen molar-refractivity contribution in [2.75, 3.05) is 19.6 Å². The Labute approximate surface area is 181 Å². The summed E-state index contributed by atoms with van der Waals surface area (Å²) >= 11 is 5.94. The highest BCUT2D eigenvalue weighted by molar-refractivity contribution is 7.89. The van der Waals surface area contributed by atoms with Gasteiger partial charge in [0.1, 0.15) is 15.9 Å². The van der Waals surface area contributed by atoms with Crippen LogP contribution in [0.3, 0.4) is 0 Å². The summed E-state index contributed by atoms with van der Waals surface area (Å²) in [6.45, 7) is 4.48. The van der Waals surface area contributed by atoms with Gasteiger partial charge in [-0.05, 0) is 36.6 Å². The van der Waals surface area contributed by atoms with E-state index in [1.165, 1.54) is 28.7 Å². The molecule has 0 atom stereocenters. The standard InChI is InChI=1S/C21H25ClFN3O3S/c1-21(2,16-6-3-4-7-17(16)23)14-25-20(27)15-9-12-26(13-10-15)30(28,29)18-8-5-11-24-19(18)22/h3-8,11,15H,9-10,12-14H2,1-2H3,(H,25,27). The Balaban J connectivity index is 1.58. The molecule has 0 bridgehead atoms. The van der Waals surface area contributed by atoms with E-state index in [9.17, 15) is 17.6 Å². The van der Waals surface area contributed by atoms with Crippen molar-refractivity contribution in [2.45, 2.75) is 37.0 Å². The zero-order chi connectivity index (χ0) is 21.9. The normalized spacial score (nSPS) is 16.4. The zero-order valence-corrected chi connectivity index (χ0v) is 18.5. The molecule has 0 unspecified atom stereocenters. The maximum absolute atomic E-state index is 14.1. The molecule has 0 aliphatic carbocycles. The van der Waals surface area contributed by atoms with E-state index in [0.717, 1.165) is 0 Å². The van der Waals surface area contributed by atoms with Gasteiger partial charge in [-0.15, -0.1) is 0 Å². The summed E-state index contributed by atoms with van der Waals surface area (Å²) in [6, 6.07) is 9.48.